The van der Waals surface area contributed by atoms with Crippen LogP contribution in [0.5, 0.6) is 0 Å². The lowest BCUT2D eigenvalue weighted by molar-refractivity contribution is 0.0777. The quantitative estimate of drug-likeness (QED) is 0.805. The standard InChI is InChI=1S/C15H30N2O/c1-17-10-5-6-14(7-11-17)16-12-15(13-18)8-3-2-4-9-15/h14,16,18H,2-13H2,1H3. The van der Waals surface area contributed by atoms with Gasteiger partial charge in [-0.2, -0.15) is 0 Å². The molecule has 3 nitrogen and oxygen atoms in total. The molecule has 18 heavy (non-hydrogen) atoms. The van der Waals surface area contributed by atoms with Gasteiger partial charge in [0, 0.05) is 24.6 Å². The molecule has 0 radical (unpaired) electrons. The summed E-state index contributed by atoms with van der Waals surface area (Å²) in [5, 5.41) is 13.5. The fraction of sp³-hybridized carbons (Fsp3) is 1.00. The monoisotopic (exact) mass is 254 g/mol. The second-order valence-corrected chi connectivity index (χ2v) is 6.53. The fourth-order valence-corrected chi connectivity index (χ4v) is 3.50. The Balaban J connectivity index is 1.78. The normalized spacial score (nSPS) is 30.0. The molecule has 106 valence electrons. The van der Waals surface area contributed by atoms with Crippen molar-refractivity contribution < 1.29 is 5.11 Å². The second-order valence-electron chi connectivity index (χ2n) is 6.53. The molecule has 2 fully saturated rings. The van der Waals surface area contributed by atoms with Crippen molar-refractivity contribution in [3.63, 3.8) is 0 Å². The first-order valence-corrected chi connectivity index (χ1v) is 7.77. The minimum atomic E-state index is 0.191. The Morgan fingerprint density at radius 3 is 2.61 bits per heavy atom. The van der Waals surface area contributed by atoms with Gasteiger partial charge in [0.15, 0.2) is 0 Å². The van der Waals surface area contributed by atoms with Crippen LogP contribution in [0.1, 0.15) is 51.4 Å². The van der Waals surface area contributed by atoms with E-state index in [1.165, 1.54) is 64.5 Å². The van der Waals surface area contributed by atoms with Crippen LogP contribution >= 0.6 is 0 Å². The highest BCUT2D eigenvalue weighted by atomic mass is 16.3. The van der Waals surface area contributed by atoms with Crippen LogP contribution in [0.15, 0.2) is 0 Å². The maximum atomic E-state index is 9.72. The van der Waals surface area contributed by atoms with Crippen LogP contribution in [0, 0.1) is 5.41 Å². The van der Waals surface area contributed by atoms with Gasteiger partial charge >= 0.3 is 0 Å². The molecule has 1 saturated carbocycles. The van der Waals surface area contributed by atoms with Gasteiger partial charge in [-0.15, -0.1) is 0 Å². The average Bonchev–Trinajstić information content (AvgIpc) is 2.62. The molecule has 2 rings (SSSR count). The number of nitrogens with zero attached hydrogens (tertiary/aromatic N) is 1. The predicted molar refractivity (Wildman–Crippen MR) is 75.7 cm³/mol. The zero-order valence-corrected chi connectivity index (χ0v) is 12.0. The zero-order chi connectivity index (χ0) is 12.8. The summed E-state index contributed by atoms with van der Waals surface area (Å²) in [6.07, 6.45) is 10.2. The Labute approximate surface area is 112 Å². The maximum absolute atomic E-state index is 9.72. The number of aliphatic hydroxyl groups excluding tert-OH is 1. The molecule has 0 aromatic carbocycles. The van der Waals surface area contributed by atoms with Crippen LogP contribution in [0.4, 0.5) is 0 Å². The van der Waals surface area contributed by atoms with Gasteiger partial charge in [0.1, 0.15) is 0 Å². The summed E-state index contributed by atoms with van der Waals surface area (Å²) in [5.41, 5.74) is 0.191. The summed E-state index contributed by atoms with van der Waals surface area (Å²) >= 11 is 0. The van der Waals surface area contributed by atoms with E-state index in [9.17, 15) is 5.11 Å². The van der Waals surface area contributed by atoms with Crippen LogP contribution in [0.25, 0.3) is 0 Å². The number of nitrogens with one attached hydrogen (secondary N) is 1. The maximum Gasteiger partial charge on any atom is 0.0499 e. The van der Waals surface area contributed by atoms with Gasteiger partial charge in [-0.05, 0) is 52.2 Å². The molecule has 0 aromatic rings. The second kappa shape index (κ2) is 6.88. The summed E-state index contributed by atoms with van der Waals surface area (Å²) in [4.78, 5) is 2.43. The highest BCUT2D eigenvalue weighted by Crippen LogP contribution is 2.35. The highest BCUT2D eigenvalue weighted by molar-refractivity contribution is 4.86. The summed E-state index contributed by atoms with van der Waals surface area (Å²) < 4.78 is 0. The van der Waals surface area contributed by atoms with E-state index >= 15 is 0 Å². The number of rotatable bonds is 4. The van der Waals surface area contributed by atoms with Crippen molar-refractivity contribution >= 4 is 0 Å². The minimum Gasteiger partial charge on any atom is -0.396 e. The lowest BCUT2D eigenvalue weighted by atomic mass is 9.74. The van der Waals surface area contributed by atoms with Gasteiger partial charge < -0.3 is 15.3 Å². The Bertz CT molecular complexity index is 239. The smallest absolute Gasteiger partial charge is 0.0499 e. The third kappa shape index (κ3) is 3.94. The molecule has 1 aliphatic heterocycles. The van der Waals surface area contributed by atoms with Crippen LogP contribution in [-0.2, 0) is 0 Å². The van der Waals surface area contributed by atoms with Crippen LogP contribution < -0.4 is 5.32 Å². The van der Waals surface area contributed by atoms with Crippen molar-refractivity contribution in [2.45, 2.75) is 57.4 Å². The molecular formula is C15H30N2O. The first kappa shape index (κ1) is 14.3. The molecule has 0 aromatic heterocycles. The van der Waals surface area contributed by atoms with Crippen molar-refractivity contribution in [1.29, 1.82) is 0 Å². The Kier molecular flexibility index (Phi) is 5.46. The Hall–Kier alpha value is -0.120. The van der Waals surface area contributed by atoms with Gasteiger partial charge in [0.05, 0.1) is 0 Å². The predicted octanol–water partition coefficient (Wildman–Crippen LogP) is 2.00. The summed E-state index contributed by atoms with van der Waals surface area (Å²) in [5.74, 6) is 0. The van der Waals surface area contributed by atoms with Crippen molar-refractivity contribution in [2.24, 2.45) is 5.41 Å². The van der Waals surface area contributed by atoms with Crippen molar-refractivity contribution in [3.05, 3.63) is 0 Å². The van der Waals surface area contributed by atoms with Crippen LogP contribution in [0.3, 0.4) is 0 Å². The van der Waals surface area contributed by atoms with E-state index in [0.29, 0.717) is 12.6 Å². The van der Waals surface area contributed by atoms with Crippen LogP contribution in [-0.4, -0.2) is 49.3 Å². The molecule has 0 spiro atoms. The summed E-state index contributed by atoms with van der Waals surface area (Å²) in [6.45, 7) is 3.84. The molecule has 2 N–H and O–H groups in total. The van der Waals surface area contributed by atoms with Crippen molar-refractivity contribution in [2.75, 3.05) is 33.3 Å². The molecule has 2 aliphatic rings. The molecule has 1 aliphatic carbocycles. The molecular weight excluding hydrogens is 224 g/mol. The Morgan fingerprint density at radius 1 is 1.11 bits per heavy atom. The lowest BCUT2D eigenvalue weighted by Crippen LogP contribution is -2.43. The SMILES string of the molecule is CN1CCCC(NCC2(CO)CCCCC2)CC1. The van der Waals surface area contributed by atoms with E-state index in [4.69, 9.17) is 0 Å². The lowest BCUT2D eigenvalue weighted by Gasteiger charge is -2.37. The average molecular weight is 254 g/mol. The van der Waals surface area contributed by atoms with E-state index in [1.54, 1.807) is 0 Å². The van der Waals surface area contributed by atoms with Gasteiger partial charge in [0.25, 0.3) is 0 Å². The first-order chi connectivity index (χ1) is 8.74. The van der Waals surface area contributed by atoms with E-state index in [2.05, 4.69) is 17.3 Å². The van der Waals surface area contributed by atoms with Crippen molar-refractivity contribution in [3.8, 4) is 0 Å². The third-order valence-electron chi connectivity index (χ3n) is 4.97. The molecule has 0 amide bonds. The first-order valence-electron chi connectivity index (χ1n) is 7.77. The summed E-state index contributed by atoms with van der Waals surface area (Å²) in [6, 6.07) is 0.667. The van der Waals surface area contributed by atoms with Crippen LogP contribution in [0.2, 0.25) is 0 Å². The van der Waals surface area contributed by atoms with Gasteiger partial charge in [-0.1, -0.05) is 19.3 Å². The van der Waals surface area contributed by atoms with E-state index < -0.39 is 0 Å². The van der Waals surface area contributed by atoms with E-state index in [-0.39, 0.29) is 5.41 Å². The third-order valence-corrected chi connectivity index (χ3v) is 4.97. The molecule has 1 heterocycles. The number of hydrogen-bond acceptors (Lipinski definition) is 3. The fourth-order valence-electron chi connectivity index (χ4n) is 3.50. The number of aliphatic hydroxyl groups is 1. The molecule has 1 atom stereocenters. The van der Waals surface area contributed by atoms with Gasteiger partial charge in [-0.3, -0.25) is 0 Å². The van der Waals surface area contributed by atoms with E-state index in [0.717, 1.165) is 6.54 Å². The molecule has 1 saturated heterocycles. The largest absolute Gasteiger partial charge is 0.396 e. The van der Waals surface area contributed by atoms with E-state index in [1.807, 2.05) is 0 Å². The number of hydrogen-bond donors (Lipinski definition) is 2. The van der Waals surface area contributed by atoms with Gasteiger partial charge in [-0.25, -0.2) is 0 Å². The Morgan fingerprint density at radius 2 is 1.89 bits per heavy atom. The van der Waals surface area contributed by atoms with Gasteiger partial charge in [0.2, 0.25) is 0 Å². The molecule has 1 unspecified atom stereocenters. The molecule has 3 heteroatoms. The molecule has 0 bridgehead atoms. The summed E-state index contributed by atoms with van der Waals surface area (Å²) in [7, 11) is 2.22. The topological polar surface area (TPSA) is 35.5 Å². The van der Waals surface area contributed by atoms with Crippen molar-refractivity contribution in [1.82, 2.24) is 10.2 Å². The number of likely N-dealkylation sites (tertiary alicyclic amines) is 1. The minimum absolute atomic E-state index is 0.191. The zero-order valence-electron chi connectivity index (χ0n) is 12.0. The highest BCUT2D eigenvalue weighted by Gasteiger charge is 2.31.